The van der Waals surface area contributed by atoms with E-state index in [0.717, 1.165) is 17.9 Å². The summed E-state index contributed by atoms with van der Waals surface area (Å²) >= 11 is 0. The van der Waals surface area contributed by atoms with Crippen LogP contribution in [0.3, 0.4) is 0 Å². The maximum absolute atomic E-state index is 6.45. The average molecular weight is 395 g/mol. The summed E-state index contributed by atoms with van der Waals surface area (Å²) in [5, 5.41) is 0. The van der Waals surface area contributed by atoms with Crippen molar-refractivity contribution in [2.45, 2.75) is 117 Å². The van der Waals surface area contributed by atoms with Crippen LogP contribution in [0.15, 0.2) is 0 Å². The molecule has 1 aliphatic heterocycles. The molecule has 0 spiro atoms. The molecule has 2 fully saturated rings. The molecular formula is C25H50N2O. The highest BCUT2D eigenvalue weighted by Gasteiger charge is 2.35. The van der Waals surface area contributed by atoms with Crippen LogP contribution in [0, 0.1) is 11.8 Å². The topological polar surface area (TPSA) is 15.7 Å². The van der Waals surface area contributed by atoms with Crippen molar-refractivity contribution < 1.29 is 4.74 Å². The van der Waals surface area contributed by atoms with Gasteiger partial charge in [-0.05, 0) is 57.4 Å². The Morgan fingerprint density at radius 1 is 0.893 bits per heavy atom. The van der Waals surface area contributed by atoms with Crippen LogP contribution in [0.1, 0.15) is 98.3 Å². The molecule has 2 unspecified atom stereocenters. The summed E-state index contributed by atoms with van der Waals surface area (Å²) in [4.78, 5) is 5.28. The molecule has 2 rings (SSSR count). The molecule has 1 aliphatic carbocycles. The lowest BCUT2D eigenvalue weighted by molar-refractivity contribution is -0.102. The van der Waals surface area contributed by atoms with Gasteiger partial charge < -0.3 is 14.5 Å². The number of piperidine rings is 1. The van der Waals surface area contributed by atoms with E-state index < -0.39 is 0 Å². The van der Waals surface area contributed by atoms with Crippen molar-refractivity contribution in [2.75, 3.05) is 33.2 Å². The Bertz CT molecular complexity index is 388. The van der Waals surface area contributed by atoms with Crippen molar-refractivity contribution in [3.05, 3.63) is 0 Å². The predicted molar refractivity (Wildman–Crippen MR) is 122 cm³/mol. The Hall–Kier alpha value is -0.120. The van der Waals surface area contributed by atoms with Crippen LogP contribution in [0.25, 0.3) is 0 Å². The van der Waals surface area contributed by atoms with Gasteiger partial charge in [-0.1, -0.05) is 59.8 Å². The number of unbranched alkanes of at least 4 members (excludes halogenated alkanes) is 3. The lowest BCUT2D eigenvalue weighted by atomic mass is 9.87. The van der Waals surface area contributed by atoms with Gasteiger partial charge in [0, 0.05) is 32.2 Å². The first kappa shape index (κ1) is 24.2. The summed E-state index contributed by atoms with van der Waals surface area (Å²) in [7, 11) is 2.33. The van der Waals surface area contributed by atoms with Crippen molar-refractivity contribution in [2.24, 2.45) is 11.8 Å². The molecule has 2 atom stereocenters. The average Bonchev–Trinajstić information content (AvgIpc) is 2.63. The van der Waals surface area contributed by atoms with Crippen molar-refractivity contribution >= 4 is 0 Å². The third-order valence-electron chi connectivity index (χ3n) is 7.11. The summed E-state index contributed by atoms with van der Waals surface area (Å²) in [5.41, 5.74) is 0. The third-order valence-corrected chi connectivity index (χ3v) is 7.11. The van der Waals surface area contributed by atoms with Gasteiger partial charge >= 0.3 is 0 Å². The molecule has 2 aliphatic rings. The number of likely N-dealkylation sites (tertiary alicyclic amines) is 1. The molecular weight excluding hydrogens is 344 g/mol. The molecule has 1 saturated carbocycles. The van der Waals surface area contributed by atoms with E-state index in [9.17, 15) is 0 Å². The van der Waals surface area contributed by atoms with Gasteiger partial charge in [0.25, 0.3) is 0 Å². The molecule has 1 saturated heterocycles. The fraction of sp³-hybridized carbons (Fsp3) is 1.00. The summed E-state index contributed by atoms with van der Waals surface area (Å²) in [6.45, 7) is 14.5. The first-order chi connectivity index (χ1) is 13.5. The minimum atomic E-state index is 0.520. The third kappa shape index (κ3) is 8.71. The Morgan fingerprint density at radius 3 is 2.25 bits per heavy atom. The maximum atomic E-state index is 6.45. The van der Waals surface area contributed by atoms with E-state index in [4.69, 9.17) is 4.74 Å². The minimum absolute atomic E-state index is 0.520. The number of nitrogens with zero attached hydrogens (tertiary/aromatic N) is 2. The molecule has 0 aromatic rings. The second-order valence-electron chi connectivity index (χ2n) is 10.2. The zero-order chi connectivity index (χ0) is 20.4. The van der Waals surface area contributed by atoms with Crippen LogP contribution >= 0.6 is 0 Å². The van der Waals surface area contributed by atoms with Gasteiger partial charge in [0.05, 0.1) is 12.2 Å². The van der Waals surface area contributed by atoms with E-state index in [2.05, 4.69) is 44.5 Å². The van der Waals surface area contributed by atoms with E-state index in [0.29, 0.717) is 12.2 Å². The number of hydrogen-bond donors (Lipinski definition) is 0. The molecule has 3 nitrogen and oxygen atoms in total. The minimum Gasteiger partial charge on any atom is -0.375 e. The quantitative estimate of drug-likeness (QED) is 0.337. The molecule has 1 heterocycles. The molecule has 0 radical (unpaired) electrons. The highest BCUT2D eigenvalue weighted by Crippen LogP contribution is 2.31. The van der Waals surface area contributed by atoms with Gasteiger partial charge in [-0.2, -0.15) is 0 Å². The fourth-order valence-corrected chi connectivity index (χ4v) is 5.19. The molecule has 166 valence electrons. The van der Waals surface area contributed by atoms with Gasteiger partial charge in [-0.25, -0.2) is 0 Å². The molecule has 0 N–H and O–H groups in total. The van der Waals surface area contributed by atoms with Crippen LogP contribution in [0.2, 0.25) is 0 Å². The van der Waals surface area contributed by atoms with E-state index >= 15 is 0 Å². The second-order valence-corrected chi connectivity index (χ2v) is 10.2. The summed E-state index contributed by atoms with van der Waals surface area (Å²) in [6.07, 6.45) is 15.7. The molecule has 3 heteroatoms. The van der Waals surface area contributed by atoms with Crippen LogP contribution in [0.4, 0.5) is 0 Å². The fourth-order valence-electron chi connectivity index (χ4n) is 5.19. The summed E-state index contributed by atoms with van der Waals surface area (Å²) < 4.78 is 6.45. The van der Waals surface area contributed by atoms with Crippen molar-refractivity contribution in [3.63, 3.8) is 0 Å². The molecule has 0 aromatic heterocycles. The van der Waals surface area contributed by atoms with E-state index in [1.54, 1.807) is 0 Å². The first-order valence-electron chi connectivity index (χ1n) is 12.6. The Morgan fingerprint density at radius 2 is 1.61 bits per heavy atom. The van der Waals surface area contributed by atoms with Gasteiger partial charge in [-0.3, -0.25) is 0 Å². The van der Waals surface area contributed by atoms with Gasteiger partial charge in [0.15, 0.2) is 0 Å². The molecule has 0 aromatic carbocycles. The van der Waals surface area contributed by atoms with E-state index in [1.807, 2.05) is 0 Å². The van der Waals surface area contributed by atoms with Crippen LogP contribution in [0.5, 0.6) is 0 Å². The van der Waals surface area contributed by atoms with E-state index in [-0.39, 0.29) is 0 Å². The summed E-state index contributed by atoms with van der Waals surface area (Å²) in [5.74, 6) is 1.68. The van der Waals surface area contributed by atoms with Gasteiger partial charge in [0.2, 0.25) is 0 Å². The van der Waals surface area contributed by atoms with Crippen molar-refractivity contribution in [1.29, 1.82) is 0 Å². The van der Waals surface area contributed by atoms with Gasteiger partial charge in [0.1, 0.15) is 0 Å². The largest absolute Gasteiger partial charge is 0.375 e. The highest BCUT2D eigenvalue weighted by atomic mass is 16.5. The first-order valence-corrected chi connectivity index (χ1v) is 12.6. The standard InChI is InChI=1S/C25H50N2O/c1-6-8-9-10-12-22(4)19-26(5)23-17-25(18-23)28-24-13-15-27(16-14-24)20-21(3)11-7-2/h21-25H,6-20H2,1-5H3/t21?,22?,23-,25-. The van der Waals surface area contributed by atoms with Crippen LogP contribution < -0.4 is 0 Å². The molecule has 0 amide bonds. The number of hydrogen-bond acceptors (Lipinski definition) is 3. The predicted octanol–water partition coefficient (Wildman–Crippen LogP) is 5.97. The summed E-state index contributed by atoms with van der Waals surface area (Å²) in [6, 6.07) is 0.762. The van der Waals surface area contributed by atoms with Crippen molar-refractivity contribution in [1.82, 2.24) is 9.80 Å². The van der Waals surface area contributed by atoms with Crippen molar-refractivity contribution in [3.8, 4) is 0 Å². The Balaban J connectivity index is 1.53. The monoisotopic (exact) mass is 394 g/mol. The second kappa shape index (κ2) is 13.2. The number of ether oxygens (including phenoxy) is 1. The zero-order valence-corrected chi connectivity index (χ0v) is 19.8. The highest BCUT2D eigenvalue weighted by molar-refractivity contribution is 4.89. The maximum Gasteiger partial charge on any atom is 0.0608 e. The van der Waals surface area contributed by atoms with Crippen LogP contribution in [-0.4, -0.2) is 61.3 Å². The zero-order valence-electron chi connectivity index (χ0n) is 19.8. The Labute approximate surface area is 176 Å². The molecule has 0 bridgehead atoms. The normalized spacial score (nSPS) is 26.4. The smallest absolute Gasteiger partial charge is 0.0608 e. The molecule has 28 heavy (non-hydrogen) atoms. The SMILES string of the molecule is CCCCCCC(C)CN(C)[C@H]1C[C@H](OC2CCN(CC(C)CCC)CC2)C1. The Kier molecular flexibility index (Phi) is 11.4. The van der Waals surface area contributed by atoms with E-state index in [1.165, 1.54) is 96.8 Å². The number of rotatable bonds is 14. The lowest BCUT2D eigenvalue weighted by Crippen LogP contribution is -2.49. The van der Waals surface area contributed by atoms with Gasteiger partial charge in [-0.15, -0.1) is 0 Å². The lowest BCUT2D eigenvalue weighted by Gasteiger charge is -2.44. The van der Waals surface area contributed by atoms with Crippen LogP contribution in [-0.2, 0) is 4.74 Å².